The summed E-state index contributed by atoms with van der Waals surface area (Å²) in [5.74, 6) is -0.170. The van der Waals surface area contributed by atoms with Crippen molar-refractivity contribution in [3.05, 3.63) is 48.5 Å². The van der Waals surface area contributed by atoms with Crippen LogP contribution in [0.3, 0.4) is 0 Å². The summed E-state index contributed by atoms with van der Waals surface area (Å²) in [5, 5.41) is 8.44. The molecule has 2 rings (SSSR count). The molecule has 7 heteroatoms. The Kier molecular flexibility index (Phi) is 6.16. The fourth-order valence-corrected chi connectivity index (χ4v) is 2.21. The van der Waals surface area contributed by atoms with Gasteiger partial charge in [-0.2, -0.15) is 0 Å². The molecule has 0 aliphatic rings. The highest BCUT2D eigenvalue weighted by molar-refractivity contribution is 5.97. The summed E-state index contributed by atoms with van der Waals surface area (Å²) in [6.45, 7) is 7.11. The Bertz CT molecular complexity index is 705. The lowest BCUT2D eigenvalue weighted by Crippen LogP contribution is -2.40. The van der Waals surface area contributed by atoms with E-state index < -0.39 is 0 Å². The number of aryl methyl sites for hydroxylation is 1. The maximum atomic E-state index is 12.2. The number of rotatable bonds is 6. The SMILES string of the molecule is CC(C)(C)NC(=O)c1cccc(NC(=O)NCCCn2ccnc2)c1. The van der Waals surface area contributed by atoms with E-state index in [0.717, 1.165) is 13.0 Å². The highest BCUT2D eigenvalue weighted by atomic mass is 16.2. The number of aromatic nitrogens is 2. The minimum atomic E-state index is -0.312. The molecule has 0 bridgehead atoms. The summed E-state index contributed by atoms with van der Waals surface area (Å²) in [6.07, 6.45) is 6.16. The van der Waals surface area contributed by atoms with Gasteiger partial charge in [-0.1, -0.05) is 6.07 Å². The van der Waals surface area contributed by atoms with E-state index in [1.165, 1.54) is 0 Å². The number of carbonyl (C=O) groups is 2. The number of amides is 3. The Hall–Kier alpha value is -2.83. The lowest BCUT2D eigenvalue weighted by Gasteiger charge is -2.20. The molecule has 3 amide bonds. The van der Waals surface area contributed by atoms with E-state index in [1.54, 1.807) is 36.8 Å². The van der Waals surface area contributed by atoms with Crippen molar-refractivity contribution < 1.29 is 9.59 Å². The normalized spacial score (nSPS) is 11.0. The third-order valence-corrected chi connectivity index (χ3v) is 3.31. The minimum Gasteiger partial charge on any atom is -0.347 e. The number of benzene rings is 1. The number of carbonyl (C=O) groups excluding carboxylic acids is 2. The predicted molar refractivity (Wildman–Crippen MR) is 97.5 cm³/mol. The summed E-state index contributed by atoms with van der Waals surface area (Å²) >= 11 is 0. The van der Waals surface area contributed by atoms with Gasteiger partial charge in [0.15, 0.2) is 0 Å². The van der Waals surface area contributed by atoms with Gasteiger partial charge in [0, 0.05) is 42.3 Å². The van der Waals surface area contributed by atoms with Crippen LogP contribution >= 0.6 is 0 Å². The molecule has 7 nitrogen and oxygen atoms in total. The van der Waals surface area contributed by atoms with Crippen LogP contribution in [-0.4, -0.2) is 33.6 Å². The zero-order chi connectivity index (χ0) is 18.3. The van der Waals surface area contributed by atoms with E-state index in [2.05, 4.69) is 20.9 Å². The molecule has 1 heterocycles. The molecule has 3 N–H and O–H groups in total. The Balaban J connectivity index is 1.80. The van der Waals surface area contributed by atoms with Gasteiger partial charge < -0.3 is 20.5 Å². The monoisotopic (exact) mass is 343 g/mol. The Morgan fingerprint density at radius 3 is 2.72 bits per heavy atom. The molecular formula is C18H25N5O2. The summed E-state index contributed by atoms with van der Waals surface area (Å²) in [5.41, 5.74) is 0.772. The summed E-state index contributed by atoms with van der Waals surface area (Å²) in [4.78, 5) is 28.1. The zero-order valence-corrected chi connectivity index (χ0v) is 14.9. The summed E-state index contributed by atoms with van der Waals surface area (Å²) in [7, 11) is 0. The van der Waals surface area contributed by atoms with Crippen molar-refractivity contribution in [3.63, 3.8) is 0 Å². The second kappa shape index (κ2) is 8.32. The minimum absolute atomic E-state index is 0.170. The van der Waals surface area contributed by atoms with Crippen molar-refractivity contribution in [2.75, 3.05) is 11.9 Å². The molecule has 0 fully saturated rings. The molecule has 1 aromatic carbocycles. The highest BCUT2D eigenvalue weighted by Gasteiger charge is 2.15. The van der Waals surface area contributed by atoms with Crippen LogP contribution in [0.5, 0.6) is 0 Å². The van der Waals surface area contributed by atoms with Crippen molar-refractivity contribution in [2.24, 2.45) is 0 Å². The van der Waals surface area contributed by atoms with Gasteiger partial charge in [-0.3, -0.25) is 4.79 Å². The van der Waals surface area contributed by atoms with Crippen LogP contribution in [0.2, 0.25) is 0 Å². The zero-order valence-electron chi connectivity index (χ0n) is 14.9. The lowest BCUT2D eigenvalue weighted by molar-refractivity contribution is 0.0919. The van der Waals surface area contributed by atoms with Crippen LogP contribution in [0.25, 0.3) is 0 Å². The van der Waals surface area contributed by atoms with Gasteiger partial charge in [0.2, 0.25) is 0 Å². The molecule has 0 unspecified atom stereocenters. The summed E-state index contributed by atoms with van der Waals surface area (Å²) < 4.78 is 1.96. The molecular weight excluding hydrogens is 318 g/mol. The van der Waals surface area contributed by atoms with Crippen molar-refractivity contribution in [2.45, 2.75) is 39.3 Å². The Morgan fingerprint density at radius 1 is 1.24 bits per heavy atom. The van der Waals surface area contributed by atoms with Gasteiger partial charge in [0.1, 0.15) is 0 Å². The fourth-order valence-electron chi connectivity index (χ4n) is 2.21. The second-order valence-corrected chi connectivity index (χ2v) is 6.82. The van der Waals surface area contributed by atoms with E-state index in [4.69, 9.17) is 0 Å². The molecule has 134 valence electrons. The van der Waals surface area contributed by atoms with Crippen molar-refractivity contribution in [1.82, 2.24) is 20.2 Å². The van der Waals surface area contributed by atoms with Crippen molar-refractivity contribution in [3.8, 4) is 0 Å². The van der Waals surface area contributed by atoms with Gasteiger partial charge in [-0.05, 0) is 45.4 Å². The topological polar surface area (TPSA) is 88.0 Å². The molecule has 2 aromatic rings. The first-order valence-electron chi connectivity index (χ1n) is 8.27. The first-order valence-corrected chi connectivity index (χ1v) is 8.27. The maximum Gasteiger partial charge on any atom is 0.319 e. The van der Waals surface area contributed by atoms with Crippen LogP contribution in [0.15, 0.2) is 43.0 Å². The number of imidazole rings is 1. The van der Waals surface area contributed by atoms with Crippen molar-refractivity contribution >= 4 is 17.6 Å². The average molecular weight is 343 g/mol. The second-order valence-electron chi connectivity index (χ2n) is 6.82. The van der Waals surface area contributed by atoms with E-state index in [-0.39, 0.29) is 17.5 Å². The van der Waals surface area contributed by atoms with Crippen LogP contribution in [0.4, 0.5) is 10.5 Å². The van der Waals surface area contributed by atoms with Crippen LogP contribution in [0, 0.1) is 0 Å². The van der Waals surface area contributed by atoms with Gasteiger partial charge >= 0.3 is 6.03 Å². The van der Waals surface area contributed by atoms with Gasteiger partial charge in [0.05, 0.1) is 6.33 Å². The predicted octanol–water partition coefficient (Wildman–Crippen LogP) is 2.62. The van der Waals surface area contributed by atoms with Gasteiger partial charge in [-0.25, -0.2) is 9.78 Å². The standard InChI is InChI=1S/C18H25N5O2/c1-18(2,3)22-16(24)14-6-4-7-15(12-14)21-17(25)20-8-5-10-23-11-9-19-13-23/h4,6-7,9,11-13H,5,8,10H2,1-3H3,(H,22,24)(H2,20,21,25). The van der Waals surface area contributed by atoms with E-state index in [9.17, 15) is 9.59 Å². The number of hydrogen-bond acceptors (Lipinski definition) is 3. The molecule has 25 heavy (non-hydrogen) atoms. The Morgan fingerprint density at radius 2 is 2.04 bits per heavy atom. The molecule has 0 radical (unpaired) electrons. The number of hydrogen-bond donors (Lipinski definition) is 3. The van der Waals surface area contributed by atoms with Crippen LogP contribution < -0.4 is 16.0 Å². The molecule has 0 aliphatic heterocycles. The lowest BCUT2D eigenvalue weighted by atomic mass is 10.1. The third-order valence-electron chi connectivity index (χ3n) is 3.31. The number of urea groups is 1. The fraction of sp³-hybridized carbons (Fsp3) is 0.389. The molecule has 0 saturated heterocycles. The average Bonchev–Trinajstić information content (AvgIpc) is 3.03. The Labute approximate surface area is 147 Å². The number of nitrogens with zero attached hydrogens (tertiary/aromatic N) is 2. The smallest absolute Gasteiger partial charge is 0.319 e. The largest absolute Gasteiger partial charge is 0.347 e. The molecule has 0 aliphatic carbocycles. The number of nitrogens with one attached hydrogen (secondary N) is 3. The van der Waals surface area contributed by atoms with Crippen LogP contribution in [0.1, 0.15) is 37.6 Å². The maximum absolute atomic E-state index is 12.2. The van der Waals surface area contributed by atoms with Crippen LogP contribution in [-0.2, 0) is 6.54 Å². The molecule has 0 spiro atoms. The first kappa shape index (κ1) is 18.5. The van der Waals surface area contributed by atoms with Crippen molar-refractivity contribution in [1.29, 1.82) is 0 Å². The quantitative estimate of drug-likeness (QED) is 0.705. The number of anilines is 1. The van der Waals surface area contributed by atoms with E-state index in [1.807, 2.05) is 31.5 Å². The van der Waals surface area contributed by atoms with Gasteiger partial charge in [0.25, 0.3) is 5.91 Å². The van der Waals surface area contributed by atoms with E-state index in [0.29, 0.717) is 17.8 Å². The molecule has 1 aromatic heterocycles. The molecule has 0 atom stereocenters. The molecule has 0 saturated carbocycles. The van der Waals surface area contributed by atoms with E-state index >= 15 is 0 Å². The third kappa shape index (κ3) is 6.66. The van der Waals surface area contributed by atoms with Gasteiger partial charge in [-0.15, -0.1) is 0 Å². The highest BCUT2D eigenvalue weighted by Crippen LogP contribution is 2.12. The first-order chi connectivity index (χ1) is 11.8. The summed E-state index contributed by atoms with van der Waals surface area (Å²) in [6, 6.07) is 6.58.